The molecule has 47 heavy (non-hydrogen) atoms. The molecule has 0 heterocycles. The van der Waals surface area contributed by atoms with Crippen LogP contribution in [0.3, 0.4) is 0 Å². The molecule has 0 aromatic heterocycles. The van der Waals surface area contributed by atoms with Crippen molar-refractivity contribution in [3.63, 3.8) is 0 Å². The topological polar surface area (TPSA) is 441 Å². The highest BCUT2D eigenvalue weighted by atomic mass is 16.2. The average molecular weight is 677 g/mol. The minimum atomic E-state index is -1.23. The van der Waals surface area contributed by atoms with Crippen LogP contribution in [0.1, 0.15) is 57.8 Å². The zero-order valence-corrected chi connectivity index (χ0v) is 25.7. The quantitative estimate of drug-likeness (QED) is 0.0287. The Bertz CT molecular complexity index is 1010. The number of nitrogens with two attached hydrogens (primary N) is 8. The van der Waals surface area contributed by atoms with Gasteiger partial charge in [0, 0.05) is 48.3 Å². The van der Waals surface area contributed by atoms with E-state index in [4.69, 9.17) is 46.7 Å². The number of nitrogens with one attached hydrogen (secondary N) is 8. The Morgan fingerprint density at radius 3 is 0.702 bits per heavy atom. The molecule has 0 fully saturated rings. The maximum atomic E-state index is 13.0. The molecule has 0 bridgehead atoms. The minimum absolute atomic E-state index is 0.0905. The predicted octanol–water partition coefficient (Wildman–Crippen LogP) is -7.89. The summed E-state index contributed by atoms with van der Waals surface area (Å²) in [5.74, 6) is 29.6. The van der Waals surface area contributed by atoms with Gasteiger partial charge in [-0.15, -0.1) is 0 Å². The zero-order chi connectivity index (χ0) is 36.1. The first-order valence-electron chi connectivity index (χ1n) is 14.3. The monoisotopic (exact) mass is 676 g/mol. The van der Waals surface area contributed by atoms with Crippen molar-refractivity contribution in [1.82, 2.24) is 43.4 Å². The van der Waals surface area contributed by atoms with Crippen molar-refractivity contribution in [2.24, 2.45) is 82.2 Å². The summed E-state index contributed by atoms with van der Waals surface area (Å²) >= 11 is 0. The number of rotatable bonds is 22. The lowest BCUT2D eigenvalue weighted by Crippen LogP contribution is -2.46. The fourth-order valence-corrected chi connectivity index (χ4v) is 5.13. The van der Waals surface area contributed by atoms with Gasteiger partial charge in [0.15, 0.2) is 0 Å². The first kappa shape index (κ1) is 42.4. The zero-order valence-electron chi connectivity index (χ0n) is 25.7. The first-order chi connectivity index (χ1) is 22.3. The second-order valence-corrected chi connectivity index (χ2v) is 10.6. The molecule has 24 heteroatoms. The van der Waals surface area contributed by atoms with Crippen molar-refractivity contribution in [1.29, 1.82) is 0 Å². The van der Waals surface area contributed by atoms with E-state index in [0.717, 1.165) is 0 Å². The number of hydrogen-bond acceptors (Lipinski definition) is 16. The van der Waals surface area contributed by atoms with E-state index in [0.29, 0.717) is 0 Å². The summed E-state index contributed by atoms with van der Waals surface area (Å²) in [6, 6.07) is 0. The van der Waals surface area contributed by atoms with Crippen LogP contribution in [0, 0.1) is 35.5 Å². The Kier molecular flexibility index (Phi) is 20.6. The smallest absolute Gasteiger partial charge is 0.237 e. The molecule has 24 N–H and O–H groups in total. The standard InChI is InChI=1S/C23H48N16O8/c24-32-16(40)3-1-10(18(42)34-26)5-12(20(44)36-28)7-14(22(46)38-30)9-15(23(47)39-31)8-13(21(45)37-29)6-11(19(43)35-27)2-4-17(41)33-25/h10-15H,1-9,24-31H2,(H,32,40)(H,33,41)(H,34,42)(H,35,43)(H,36,44)(H,37,45)(H,38,46)(H,39,47). The molecule has 24 nitrogen and oxygen atoms in total. The molecule has 0 spiro atoms. The second kappa shape index (κ2) is 22.9. The molecule has 0 aromatic carbocycles. The van der Waals surface area contributed by atoms with Crippen molar-refractivity contribution < 1.29 is 38.4 Å². The lowest BCUT2D eigenvalue weighted by molar-refractivity contribution is -0.131. The number of hydrogen-bond donors (Lipinski definition) is 16. The number of amides is 8. The molecule has 0 aliphatic rings. The predicted molar refractivity (Wildman–Crippen MR) is 161 cm³/mol. The number of carbonyl (C=O) groups excluding carboxylic acids is 8. The lowest BCUT2D eigenvalue weighted by Gasteiger charge is -2.29. The van der Waals surface area contributed by atoms with Gasteiger partial charge in [-0.2, -0.15) is 0 Å². The third-order valence-corrected chi connectivity index (χ3v) is 7.69. The highest BCUT2D eigenvalue weighted by Crippen LogP contribution is 2.32. The van der Waals surface area contributed by atoms with Crippen molar-refractivity contribution >= 4 is 47.3 Å². The van der Waals surface area contributed by atoms with Crippen LogP contribution in [0.2, 0.25) is 0 Å². The first-order valence-corrected chi connectivity index (χ1v) is 14.3. The summed E-state index contributed by atoms with van der Waals surface area (Å²) in [6.45, 7) is 0. The molecule has 0 saturated carbocycles. The van der Waals surface area contributed by atoms with Crippen LogP contribution in [-0.4, -0.2) is 47.3 Å². The number of carbonyl (C=O) groups is 8. The van der Waals surface area contributed by atoms with Crippen LogP contribution < -0.4 is 90.1 Å². The van der Waals surface area contributed by atoms with Crippen LogP contribution in [-0.2, 0) is 38.4 Å². The summed E-state index contributed by atoms with van der Waals surface area (Å²) < 4.78 is 0. The fraction of sp³-hybridized carbons (Fsp3) is 0.652. The molecular formula is C23H48N16O8. The molecule has 8 amide bonds. The van der Waals surface area contributed by atoms with Crippen LogP contribution in [0.15, 0.2) is 0 Å². The molecule has 0 aliphatic carbocycles. The van der Waals surface area contributed by atoms with Crippen molar-refractivity contribution in [2.45, 2.75) is 57.8 Å². The van der Waals surface area contributed by atoms with Gasteiger partial charge in [-0.05, 0) is 44.9 Å². The Balaban J connectivity index is 6.42. The van der Waals surface area contributed by atoms with E-state index in [2.05, 4.69) is 0 Å². The minimum Gasteiger partial charge on any atom is -0.294 e. The van der Waals surface area contributed by atoms with E-state index < -0.39 is 82.8 Å². The van der Waals surface area contributed by atoms with Crippen LogP contribution in [0.4, 0.5) is 0 Å². The van der Waals surface area contributed by atoms with Crippen LogP contribution in [0.25, 0.3) is 0 Å². The van der Waals surface area contributed by atoms with E-state index in [1.807, 2.05) is 43.4 Å². The van der Waals surface area contributed by atoms with Gasteiger partial charge in [0.1, 0.15) is 0 Å². The Morgan fingerprint density at radius 2 is 0.511 bits per heavy atom. The van der Waals surface area contributed by atoms with Crippen molar-refractivity contribution in [3.8, 4) is 0 Å². The summed E-state index contributed by atoms with van der Waals surface area (Å²) in [7, 11) is 0. The molecule has 0 aromatic rings. The maximum Gasteiger partial charge on any atom is 0.237 e. The van der Waals surface area contributed by atoms with E-state index in [-0.39, 0.29) is 57.8 Å². The van der Waals surface area contributed by atoms with Crippen LogP contribution in [0.5, 0.6) is 0 Å². The Labute approximate surface area is 269 Å². The van der Waals surface area contributed by atoms with Gasteiger partial charge in [0.2, 0.25) is 47.3 Å². The largest absolute Gasteiger partial charge is 0.294 e. The SMILES string of the molecule is NNC(=O)CCC(CC(CC(CC(CC(CC(CCC(=O)NN)C(=O)NN)C(=O)NN)C(=O)NN)C(=O)NN)C(=O)NN)C(=O)NN. The summed E-state index contributed by atoms with van der Waals surface area (Å²) in [4.78, 5) is 99.8. The van der Waals surface area contributed by atoms with Gasteiger partial charge in [-0.1, -0.05) is 0 Å². The Morgan fingerprint density at radius 1 is 0.319 bits per heavy atom. The van der Waals surface area contributed by atoms with Gasteiger partial charge in [0.05, 0.1) is 0 Å². The third-order valence-electron chi connectivity index (χ3n) is 7.69. The molecule has 6 unspecified atom stereocenters. The van der Waals surface area contributed by atoms with Gasteiger partial charge in [0.25, 0.3) is 0 Å². The van der Waals surface area contributed by atoms with E-state index in [9.17, 15) is 38.4 Å². The maximum absolute atomic E-state index is 13.0. The molecule has 0 rings (SSSR count). The van der Waals surface area contributed by atoms with Gasteiger partial charge in [-0.3, -0.25) is 81.8 Å². The van der Waals surface area contributed by atoms with Crippen LogP contribution >= 0.6 is 0 Å². The van der Waals surface area contributed by atoms with E-state index >= 15 is 0 Å². The molecule has 0 radical (unpaired) electrons. The van der Waals surface area contributed by atoms with Gasteiger partial charge < -0.3 is 0 Å². The number of hydrazine groups is 8. The van der Waals surface area contributed by atoms with Crippen molar-refractivity contribution in [3.05, 3.63) is 0 Å². The molecule has 268 valence electrons. The highest BCUT2D eigenvalue weighted by Gasteiger charge is 2.37. The van der Waals surface area contributed by atoms with Gasteiger partial charge in [-0.25, -0.2) is 46.7 Å². The summed E-state index contributed by atoms with van der Waals surface area (Å²) in [5.41, 5.74) is 15.6. The fourth-order valence-electron chi connectivity index (χ4n) is 5.13. The third kappa shape index (κ3) is 15.1. The normalized spacial score (nSPS) is 14.5. The average Bonchev–Trinajstić information content (AvgIpc) is 3.09. The Hall–Kier alpha value is -4.56. The lowest BCUT2D eigenvalue weighted by atomic mass is 9.77. The summed E-state index contributed by atoms with van der Waals surface area (Å²) in [6.07, 6.45) is -2.13. The van der Waals surface area contributed by atoms with Crippen molar-refractivity contribution in [2.75, 3.05) is 0 Å². The highest BCUT2D eigenvalue weighted by molar-refractivity contribution is 5.86. The van der Waals surface area contributed by atoms with E-state index in [1.54, 1.807) is 0 Å². The second-order valence-electron chi connectivity index (χ2n) is 10.6. The molecule has 6 atom stereocenters. The van der Waals surface area contributed by atoms with Gasteiger partial charge >= 0.3 is 0 Å². The molecular weight excluding hydrogens is 628 g/mol. The summed E-state index contributed by atoms with van der Waals surface area (Å²) in [5, 5.41) is 0. The molecule has 0 aliphatic heterocycles. The molecule has 0 saturated heterocycles. The van der Waals surface area contributed by atoms with E-state index in [1.165, 1.54) is 0 Å².